The Morgan fingerprint density at radius 3 is 2.57 bits per heavy atom. The minimum Gasteiger partial charge on any atom is -0.451 e. The summed E-state index contributed by atoms with van der Waals surface area (Å²) in [6, 6.07) is 15.9. The van der Waals surface area contributed by atoms with Crippen molar-refractivity contribution in [3.8, 4) is 10.6 Å². The lowest BCUT2D eigenvalue weighted by Gasteiger charge is -2.08. The molecule has 144 valence electrons. The van der Waals surface area contributed by atoms with E-state index in [1.807, 2.05) is 55.5 Å². The van der Waals surface area contributed by atoms with E-state index in [9.17, 15) is 9.59 Å². The van der Waals surface area contributed by atoms with Gasteiger partial charge < -0.3 is 10.1 Å². The molecular weight excluding hydrogens is 372 g/mol. The van der Waals surface area contributed by atoms with Crippen molar-refractivity contribution >= 4 is 23.2 Å². The smallest absolute Gasteiger partial charge is 0.358 e. The van der Waals surface area contributed by atoms with Gasteiger partial charge in [0.15, 0.2) is 12.3 Å². The van der Waals surface area contributed by atoms with Gasteiger partial charge in [-0.1, -0.05) is 55.5 Å². The molecule has 0 spiro atoms. The third-order valence-corrected chi connectivity index (χ3v) is 5.29. The van der Waals surface area contributed by atoms with Gasteiger partial charge in [0.25, 0.3) is 5.91 Å². The summed E-state index contributed by atoms with van der Waals surface area (Å²) in [6.45, 7) is 4.15. The largest absolute Gasteiger partial charge is 0.451 e. The Bertz CT molecular complexity index is 964. The molecule has 0 aliphatic heterocycles. The second-order valence-electron chi connectivity index (χ2n) is 6.37. The molecule has 1 N–H and O–H groups in total. The number of rotatable bonds is 7. The summed E-state index contributed by atoms with van der Waals surface area (Å²) in [5.41, 5.74) is 4.54. The van der Waals surface area contributed by atoms with Crippen LogP contribution in [-0.4, -0.2) is 23.5 Å². The molecule has 5 nitrogen and oxygen atoms in total. The second-order valence-corrected chi connectivity index (χ2v) is 7.23. The number of carbonyl (C=O) groups is 2. The van der Waals surface area contributed by atoms with Crippen LogP contribution < -0.4 is 5.32 Å². The highest BCUT2D eigenvalue weighted by molar-refractivity contribution is 7.13. The summed E-state index contributed by atoms with van der Waals surface area (Å²) < 4.78 is 5.09. The first-order valence-electron chi connectivity index (χ1n) is 9.10. The molecule has 0 fully saturated rings. The van der Waals surface area contributed by atoms with Gasteiger partial charge in [-0.15, -0.1) is 11.3 Å². The molecule has 0 radical (unpaired) electrons. The van der Waals surface area contributed by atoms with Gasteiger partial charge in [0.1, 0.15) is 5.01 Å². The van der Waals surface area contributed by atoms with E-state index in [0.29, 0.717) is 6.54 Å². The SMILES string of the molecule is CCc1ccc(-c2nc(C(=O)OCC(=O)NCc3ccccc3C)cs2)cc1. The molecule has 0 unspecified atom stereocenters. The number of ether oxygens (including phenoxy) is 1. The lowest BCUT2D eigenvalue weighted by atomic mass is 10.1. The molecular formula is C22H22N2O3S. The van der Waals surface area contributed by atoms with Gasteiger partial charge in [-0.05, 0) is 30.0 Å². The summed E-state index contributed by atoms with van der Waals surface area (Å²) in [4.78, 5) is 28.4. The Kier molecular flexibility index (Phi) is 6.55. The third-order valence-electron chi connectivity index (χ3n) is 4.39. The number of esters is 1. The maximum Gasteiger partial charge on any atom is 0.358 e. The van der Waals surface area contributed by atoms with Crippen LogP contribution in [0.2, 0.25) is 0 Å². The number of aromatic nitrogens is 1. The molecule has 6 heteroatoms. The van der Waals surface area contributed by atoms with Crippen molar-refractivity contribution in [2.75, 3.05) is 6.61 Å². The monoisotopic (exact) mass is 394 g/mol. The van der Waals surface area contributed by atoms with Crippen LogP contribution >= 0.6 is 11.3 Å². The fraction of sp³-hybridized carbons (Fsp3) is 0.227. The Morgan fingerprint density at radius 1 is 1.11 bits per heavy atom. The van der Waals surface area contributed by atoms with Crippen LogP contribution in [0.25, 0.3) is 10.6 Å². The molecule has 0 saturated heterocycles. The Balaban J connectivity index is 1.51. The first kappa shape index (κ1) is 19.8. The van der Waals surface area contributed by atoms with Crippen molar-refractivity contribution in [2.45, 2.75) is 26.8 Å². The normalized spacial score (nSPS) is 10.5. The van der Waals surface area contributed by atoms with E-state index in [4.69, 9.17) is 4.74 Å². The van der Waals surface area contributed by atoms with Crippen LogP contribution in [0.4, 0.5) is 0 Å². The zero-order valence-corrected chi connectivity index (χ0v) is 16.7. The Hall–Kier alpha value is -2.99. The van der Waals surface area contributed by atoms with Gasteiger partial charge in [0, 0.05) is 17.5 Å². The minimum absolute atomic E-state index is 0.214. The van der Waals surface area contributed by atoms with E-state index in [-0.39, 0.29) is 18.2 Å². The summed E-state index contributed by atoms with van der Waals surface area (Å²) in [5, 5.41) is 5.15. The highest BCUT2D eigenvalue weighted by atomic mass is 32.1. The first-order valence-corrected chi connectivity index (χ1v) is 9.98. The maximum atomic E-state index is 12.2. The van der Waals surface area contributed by atoms with Gasteiger partial charge in [-0.2, -0.15) is 0 Å². The topological polar surface area (TPSA) is 68.3 Å². The number of carbonyl (C=O) groups excluding carboxylic acids is 2. The number of thiazole rings is 1. The first-order chi connectivity index (χ1) is 13.6. The van der Waals surface area contributed by atoms with E-state index in [2.05, 4.69) is 17.2 Å². The Morgan fingerprint density at radius 2 is 1.86 bits per heavy atom. The summed E-state index contributed by atoms with van der Waals surface area (Å²) in [6.07, 6.45) is 0.974. The molecule has 3 aromatic rings. The molecule has 0 aliphatic carbocycles. The number of nitrogens with zero attached hydrogens (tertiary/aromatic N) is 1. The second kappa shape index (κ2) is 9.28. The van der Waals surface area contributed by atoms with Crippen LogP contribution in [0.15, 0.2) is 53.9 Å². The lowest BCUT2D eigenvalue weighted by molar-refractivity contribution is -0.124. The van der Waals surface area contributed by atoms with Gasteiger partial charge in [-0.3, -0.25) is 4.79 Å². The maximum absolute atomic E-state index is 12.2. The van der Waals surface area contributed by atoms with Crippen LogP contribution in [0, 0.1) is 6.92 Å². The van der Waals surface area contributed by atoms with Gasteiger partial charge in [0.2, 0.25) is 0 Å². The van der Waals surface area contributed by atoms with Crippen molar-refractivity contribution < 1.29 is 14.3 Å². The van der Waals surface area contributed by atoms with E-state index in [0.717, 1.165) is 28.1 Å². The van der Waals surface area contributed by atoms with E-state index in [1.165, 1.54) is 16.9 Å². The number of aryl methyl sites for hydroxylation is 2. The number of nitrogens with one attached hydrogen (secondary N) is 1. The van der Waals surface area contributed by atoms with E-state index in [1.54, 1.807) is 5.38 Å². The average Bonchev–Trinajstić information content (AvgIpc) is 3.22. The van der Waals surface area contributed by atoms with Gasteiger partial charge in [0.05, 0.1) is 0 Å². The molecule has 2 aromatic carbocycles. The van der Waals surface area contributed by atoms with Crippen molar-refractivity contribution in [3.63, 3.8) is 0 Å². The zero-order chi connectivity index (χ0) is 19.9. The van der Waals surface area contributed by atoms with Crippen molar-refractivity contribution in [1.29, 1.82) is 0 Å². The average molecular weight is 394 g/mol. The predicted molar refractivity (Wildman–Crippen MR) is 110 cm³/mol. The van der Waals surface area contributed by atoms with Crippen molar-refractivity contribution in [3.05, 3.63) is 76.3 Å². The molecule has 0 bridgehead atoms. The third kappa shape index (κ3) is 5.04. The molecule has 0 atom stereocenters. The van der Waals surface area contributed by atoms with Gasteiger partial charge >= 0.3 is 5.97 Å². The highest BCUT2D eigenvalue weighted by Gasteiger charge is 2.15. The van der Waals surface area contributed by atoms with Crippen molar-refractivity contribution in [2.24, 2.45) is 0 Å². The Labute approximate surface area is 168 Å². The molecule has 3 rings (SSSR count). The summed E-state index contributed by atoms with van der Waals surface area (Å²) in [7, 11) is 0. The number of hydrogen-bond acceptors (Lipinski definition) is 5. The lowest BCUT2D eigenvalue weighted by Crippen LogP contribution is -2.28. The fourth-order valence-corrected chi connectivity index (χ4v) is 3.44. The van der Waals surface area contributed by atoms with Crippen LogP contribution in [0.3, 0.4) is 0 Å². The molecule has 0 aliphatic rings. The molecule has 1 amide bonds. The van der Waals surface area contributed by atoms with E-state index >= 15 is 0 Å². The standard InChI is InChI=1S/C22H22N2O3S/c1-3-16-8-10-17(11-9-16)21-24-19(14-28-21)22(26)27-13-20(25)23-12-18-7-5-4-6-15(18)2/h4-11,14H,3,12-13H2,1-2H3,(H,23,25). The zero-order valence-electron chi connectivity index (χ0n) is 15.9. The quantitative estimate of drug-likeness (QED) is 0.611. The van der Waals surface area contributed by atoms with Crippen molar-refractivity contribution in [1.82, 2.24) is 10.3 Å². The fourth-order valence-electron chi connectivity index (χ4n) is 2.64. The molecule has 0 saturated carbocycles. The summed E-state index contributed by atoms with van der Waals surface area (Å²) in [5.74, 6) is -0.944. The van der Waals surface area contributed by atoms with E-state index < -0.39 is 5.97 Å². The molecule has 1 aromatic heterocycles. The molecule has 28 heavy (non-hydrogen) atoms. The summed E-state index contributed by atoms with van der Waals surface area (Å²) >= 11 is 1.38. The van der Waals surface area contributed by atoms with Gasteiger partial charge in [-0.25, -0.2) is 9.78 Å². The van der Waals surface area contributed by atoms with Crippen LogP contribution in [0.5, 0.6) is 0 Å². The predicted octanol–water partition coefficient (Wildman–Crippen LogP) is 4.15. The highest BCUT2D eigenvalue weighted by Crippen LogP contribution is 2.24. The number of amides is 1. The minimum atomic E-state index is -0.598. The van der Waals surface area contributed by atoms with Crippen LogP contribution in [0.1, 0.15) is 34.1 Å². The number of hydrogen-bond donors (Lipinski definition) is 1. The van der Waals surface area contributed by atoms with Crippen LogP contribution in [-0.2, 0) is 22.5 Å². The number of benzene rings is 2. The molecule has 1 heterocycles.